The fourth-order valence-electron chi connectivity index (χ4n) is 3.48. The van der Waals surface area contributed by atoms with Gasteiger partial charge in [-0.15, -0.1) is 0 Å². The molecular formula is C24H25N5O2. The Morgan fingerprint density at radius 3 is 2.52 bits per heavy atom. The van der Waals surface area contributed by atoms with Gasteiger partial charge in [-0.25, -0.2) is 9.20 Å². The number of fused-ring (bicyclic) bond motifs is 1. The predicted octanol–water partition coefficient (Wildman–Crippen LogP) is 3.05. The van der Waals surface area contributed by atoms with E-state index in [9.17, 15) is 9.59 Å². The SMILES string of the molecule is CCc1ccc(CNC(=O)Cn2ncn3nc(-c4cc(C)ccc4C)cc3c2=O)cc1. The van der Waals surface area contributed by atoms with Gasteiger partial charge in [0.15, 0.2) is 0 Å². The first-order valence-electron chi connectivity index (χ1n) is 10.3. The molecule has 0 radical (unpaired) electrons. The van der Waals surface area contributed by atoms with Gasteiger partial charge in [0.25, 0.3) is 5.56 Å². The van der Waals surface area contributed by atoms with Gasteiger partial charge in [0.05, 0.1) is 5.69 Å². The number of nitrogens with one attached hydrogen (secondary N) is 1. The van der Waals surface area contributed by atoms with Crippen LogP contribution in [0.25, 0.3) is 16.8 Å². The number of carbonyl (C=O) groups is 1. The number of aromatic nitrogens is 4. The van der Waals surface area contributed by atoms with E-state index in [1.165, 1.54) is 21.1 Å². The normalized spacial score (nSPS) is 11.1. The van der Waals surface area contributed by atoms with Crippen LogP contribution in [0.2, 0.25) is 0 Å². The van der Waals surface area contributed by atoms with Crippen LogP contribution in [0.15, 0.2) is 59.7 Å². The summed E-state index contributed by atoms with van der Waals surface area (Å²) in [6.45, 7) is 6.39. The molecule has 0 unspecified atom stereocenters. The molecule has 7 heteroatoms. The van der Waals surface area contributed by atoms with Gasteiger partial charge in [0.2, 0.25) is 5.91 Å². The molecule has 0 saturated heterocycles. The first-order chi connectivity index (χ1) is 14.9. The molecule has 0 aliphatic rings. The van der Waals surface area contributed by atoms with Crippen molar-refractivity contribution in [2.45, 2.75) is 40.3 Å². The molecule has 0 saturated carbocycles. The zero-order valence-corrected chi connectivity index (χ0v) is 17.9. The third-order valence-corrected chi connectivity index (χ3v) is 5.37. The van der Waals surface area contributed by atoms with Crippen molar-refractivity contribution in [1.29, 1.82) is 0 Å². The Balaban J connectivity index is 1.51. The van der Waals surface area contributed by atoms with Crippen molar-refractivity contribution >= 4 is 11.4 Å². The fraction of sp³-hybridized carbons (Fsp3) is 0.250. The van der Waals surface area contributed by atoms with E-state index in [0.29, 0.717) is 17.8 Å². The predicted molar refractivity (Wildman–Crippen MR) is 120 cm³/mol. The highest BCUT2D eigenvalue weighted by Crippen LogP contribution is 2.23. The molecule has 0 fully saturated rings. The van der Waals surface area contributed by atoms with Crippen molar-refractivity contribution in [1.82, 2.24) is 24.7 Å². The van der Waals surface area contributed by atoms with E-state index in [4.69, 9.17) is 0 Å². The molecular weight excluding hydrogens is 390 g/mol. The number of nitrogens with zero attached hydrogens (tertiary/aromatic N) is 4. The number of carbonyl (C=O) groups excluding carboxylic acids is 1. The Labute approximate surface area is 180 Å². The Morgan fingerprint density at radius 1 is 1.03 bits per heavy atom. The van der Waals surface area contributed by atoms with Gasteiger partial charge in [-0.1, -0.05) is 48.9 Å². The Hall–Kier alpha value is -3.74. The van der Waals surface area contributed by atoms with E-state index in [-0.39, 0.29) is 18.0 Å². The smallest absolute Gasteiger partial charge is 0.293 e. The minimum atomic E-state index is -0.353. The molecule has 158 valence electrons. The van der Waals surface area contributed by atoms with Crippen LogP contribution in [0.3, 0.4) is 0 Å². The van der Waals surface area contributed by atoms with Crippen LogP contribution < -0.4 is 10.9 Å². The summed E-state index contributed by atoms with van der Waals surface area (Å²) >= 11 is 0. The van der Waals surface area contributed by atoms with E-state index in [1.54, 1.807) is 6.07 Å². The van der Waals surface area contributed by atoms with Crippen molar-refractivity contribution in [2.75, 3.05) is 0 Å². The summed E-state index contributed by atoms with van der Waals surface area (Å²) in [5.41, 5.74) is 6.17. The van der Waals surface area contributed by atoms with Crippen molar-refractivity contribution in [3.63, 3.8) is 0 Å². The maximum atomic E-state index is 12.9. The van der Waals surface area contributed by atoms with Gasteiger partial charge in [-0.05, 0) is 49.1 Å². The molecule has 4 aromatic rings. The minimum absolute atomic E-state index is 0.146. The summed E-state index contributed by atoms with van der Waals surface area (Å²) in [6.07, 6.45) is 2.44. The van der Waals surface area contributed by atoms with Gasteiger partial charge >= 0.3 is 0 Å². The van der Waals surface area contributed by atoms with E-state index >= 15 is 0 Å². The molecule has 2 heterocycles. The zero-order chi connectivity index (χ0) is 22.0. The van der Waals surface area contributed by atoms with E-state index in [0.717, 1.165) is 28.7 Å². The standard InChI is InChI=1S/C24H25N5O2/c1-4-18-7-9-19(10-8-18)13-25-23(30)14-28-24(31)22-12-21(27-29(22)15-26-28)20-11-16(2)5-6-17(20)3/h5-12,15H,4,13-14H2,1-3H3,(H,25,30). The second kappa shape index (κ2) is 8.55. The van der Waals surface area contributed by atoms with Crippen LogP contribution >= 0.6 is 0 Å². The molecule has 0 aliphatic carbocycles. The van der Waals surface area contributed by atoms with Gasteiger partial charge in [0.1, 0.15) is 18.4 Å². The summed E-state index contributed by atoms with van der Waals surface area (Å²) in [7, 11) is 0. The summed E-state index contributed by atoms with van der Waals surface area (Å²) in [6, 6.07) is 16.0. The van der Waals surface area contributed by atoms with Gasteiger partial charge < -0.3 is 5.32 Å². The molecule has 31 heavy (non-hydrogen) atoms. The number of aryl methyl sites for hydroxylation is 3. The third kappa shape index (κ3) is 4.40. The second-order valence-corrected chi connectivity index (χ2v) is 7.72. The highest BCUT2D eigenvalue weighted by molar-refractivity contribution is 5.75. The highest BCUT2D eigenvalue weighted by atomic mass is 16.2. The molecule has 7 nitrogen and oxygen atoms in total. The molecule has 2 aromatic heterocycles. The summed E-state index contributed by atoms with van der Waals surface area (Å²) in [5, 5.41) is 11.5. The van der Waals surface area contributed by atoms with E-state index in [1.807, 2.05) is 44.2 Å². The first kappa shape index (κ1) is 20.5. The van der Waals surface area contributed by atoms with Crippen LogP contribution in [-0.4, -0.2) is 25.3 Å². The Bertz CT molecular complexity index is 1300. The largest absolute Gasteiger partial charge is 0.350 e. The molecule has 2 aromatic carbocycles. The number of amides is 1. The monoisotopic (exact) mass is 415 g/mol. The number of hydrogen-bond acceptors (Lipinski definition) is 4. The number of benzene rings is 2. The van der Waals surface area contributed by atoms with Crippen LogP contribution in [-0.2, 0) is 24.3 Å². The van der Waals surface area contributed by atoms with Crippen LogP contribution in [0.1, 0.15) is 29.2 Å². The minimum Gasteiger partial charge on any atom is -0.350 e. The van der Waals surface area contributed by atoms with Crippen LogP contribution in [0.5, 0.6) is 0 Å². The molecule has 0 atom stereocenters. The highest BCUT2D eigenvalue weighted by Gasteiger charge is 2.13. The summed E-state index contributed by atoms with van der Waals surface area (Å²) in [4.78, 5) is 25.2. The zero-order valence-electron chi connectivity index (χ0n) is 17.9. The van der Waals surface area contributed by atoms with Crippen molar-refractivity contribution in [3.8, 4) is 11.3 Å². The van der Waals surface area contributed by atoms with Gasteiger partial charge in [-0.3, -0.25) is 9.59 Å². The van der Waals surface area contributed by atoms with Crippen molar-refractivity contribution in [2.24, 2.45) is 0 Å². The maximum Gasteiger partial charge on any atom is 0.293 e. The summed E-state index contributed by atoms with van der Waals surface area (Å²) < 4.78 is 2.63. The number of rotatable bonds is 6. The Morgan fingerprint density at radius 2 is 1.77 bits per heavy atom. The van der Waals surface area contributed by atoms with Crippen molar-refractivity contribution in [3.05, 3.63) is 87.5 Å². The van der Waals surface area contributed by atoms with Gasteiger partial charge in [-0.2, -0.15) is 10.2 Å². The lowest BCUT2D eigenvalue weighted by Gasteiger charge is -2.07. The molecule has 0 bridgehead atoms. The van der Waals surface area contributed by atoms with Gasteiger partial charge in [0, 0.05) is 12.1 Å². The molecule has 0 aliphatic heterocycles. The van der Waals surface area contributed by atoms with Crippen molar-refractivity contribution < 1.29 is 4.79 Å². The molecule has 1 amide bonds. The average molecular weight is 415 g/mol. The first-order valence-corrected chi connectivity index (χ1v) is 10.3. The average Bonchev–Trinajstić information content (AvgIpc) is 3.21. The lowest BCUT2D eigenvalue weighted by molar-refractivity contribution is -0.122. The second-order valence-electron chi connectivity index (χ2n) is 7.72. The lowest BCUT2D eigenvalue weighted by Crippen LogP contribution is -2.34. The topological polar surface area (TPSA) is 81.3 Å². The van der Waals surface area contributed by atoms with E-state index < -0.39 is 0 Å². The van der Waals surface area contributed by atoms with Crippen LogP contribution in [0, 0.1) is 13.8 Å². The summed E-state index contributed by atoms with van der Waals surface area (Å²) in [5.74, 6) is -0.271. The maximum absolute atomic E-state index is 12.9. The van der Waals surface area contributed by atoms with E-state index in [2.05, 4.69) is 34.6 Å². The molecule has 1 N–H and O–H groups in total. The quantitative estimate of drug-likeness (QED) is 0.525. The Kier molecular flexibility index (Phi) is 5.66. The molecule has 0 spiro atoms. The van der Waals surface area contributed by atoms with Crippen LogP contribution in [0.4, 0.5) is 0 Å². The third-order valence-electron chi connectivity index (χ3n) is 5.37. The lowest BCUT2D eigenvalue weighted by atomic mass is 10.0. The number of hydrogen-bond donors (Lipinski definition) is 1. The fourth-order valence-corrected chi connectivity index (χ4v) is 3.48. The molecule has 4 rings (SSSR count).